The molecule has 1 atom stereocenters. The Morgan fingerprint density at radius 1 is 1.24 bits per heavy atom. The van der Waals surface area contributed by atoms with Crippen molar-refractivity contribution in [2.45, 2.75) is 19.1 Å². The quantitative estimate of drug-likeness (QED) is 0.444. The van der Waals surface area contributed by atoms with Crippen LogP contribution >= 0.6 is 28.6 Å². The highest BCUT2D eigenvalue weighted by Crippen LogP contribution is 2.21. The lowest BCUT2D eigenvalue weighted by molar-refractivity contribution is -0.136. The highest BCUT2D eigenvalue weighted by molar-refractivity contribution is 9.10. The van der Waals surface area contributed by atoms with Gasteiger partial charge in [-0.1, -0.05) is 57.9 Å². The third-order valence-corrected chi connectivity index (χ3v) is 4.29. The molecule has 2 aromatic rings. The average Bonchev–Trinajstić information content (AvgIpc) is 3.08. The summed E-state index contributed by atoms with van der Waals surface area (Å²) in [6.07, 6.45) is 3.08. The molecule has 1 aromatic carbocycles. The van der Waals surface area contributed by atoms with E-state index in [0.717, 1.165) is 11.3 Å². The summed E-state index contributed by atoms with van der Waals surface area (Å²) in [7, 11) is 0. The molecule has 0 spiro atoms. The van der Waals surface area contributed by atoms with Gasteiger partial charge in [0.25, 0.3) is 0 Å². The Bertz CT molecular complexity index is 922. The van der Waals surface area contributed by atoms with Crippen molar-refractivity contribution in [3.63, 3.8) is 0 Å². The Morgan fingerprint density at radius 3 is 2.16 bits per heavy atom. The van der Waals surface area contributed by atoms with Crippen molar-refractivity contribution in [1.82, 2.24) is 4.98 Å². The van der Waals surface area contributed by atoms with Crippen LogP contribution in [0.2, 0.25) is 0 Å². The summed E-state index contributed by atoms with van der Waals surface area (Å²) in [5.41, 5.74) is 3.23. The van der Waals surface area contributed by atoms with Crippen molar-refractivity contribution in [3.8, 4) is 11.3 Å². The Morgan fingerprint density at radius 2 is 1.88 bits per heavy atom. The summed E-state index contributed by atoms with van der Waals surface area (Å²) in [4.78, 5) is 13.7. The van der Waals surface area contributed by atoms with Gasteiger partial charge in [-0.2, -0.15) is 12.6 Å². The molecular formula is C19H18BrNO3S. The maximum absolute atomic E-state index is 9.62. The SMILES string of the molecule is Brc1cc2ccc1=2.CC(S)C(=O)O.Cc1ccc(-c2cocn2)cc1. The van der Waals surface area contributed by atoms with E-state index in [1.165, 1.54) is 33.8 Å². The fraction of sp³-hybridized carbons (Fsp3) is 0.158. The van der Waals surface area contributed by atoms with Crippen molar-refractivity contribution < 1.29 is 14.3 Å². The van der Waals surface area contributed by atoms with E-state index in [0.29, 0.717) is 0 Å². The van der Waals surface area contributed by atoms with E-state index in [2.05, 4.69) is 70.8 Å². The van der Waals surface area contributed by atoms with E-state index < -0.39 is 11.2 Å². The van der Waals surface area contributed by atoms with Gasteiger partial charge < -0.3 is 9.52 Å². The zero-order valence-corrected chi connectivity index (χ0v) is 16.3. The van der Waals surface area contributed by atoms with Gasteiger partial charge in [0, 0.05) is 10.0 Å². The number of aryl methyl sites for hydroxylation is 1. The van der Waals surface area contributed by atoms with Crippen LogP contribution in [-0.2, 0) is 4.79 Å². The Labute approximate surface area is 159 Å². The van der Waals surface area contributed by atoms with E-state index in [9.17, 15) is 4.79 Å². The molecule has 0 radical (unpaired) electrons. The van der Waals surface area contributed by atoms with Crippen molar-refractivity contribution in [2.24, 2.45) is 0 Å². The smallest absolute Gasteiger partial charge is 0.316 e. The molecule has 2 aliphatic rings. The Balaban J connectivity index is 0.000000148. The molecular weight excluding hydrogens is 402 g/mol. The molecule has 0 bridgehead atoms. The molecule has 4 nitrogen and oxygen atoms in total. The van der Waals surface area contributed by atoms with Gasteiger partial charge in [0.2, 0.25) is 0 Å². The molecule has 0 saturated heterocycles. The molecule has 1 unspecified atom stereocenters. The van der Waals surface area contributed by atoms with Gasteiger partial charge in [0.05, 0.1) is 5.25 Å². The zero-order valence-electron chi connectivity index (χ0n) is 13.8. The van der Waals surface area contributed by atoms with Crippen LogP contribution in [0.4, 0.5) is 0 Å². The van der Waals surface area contributed by atoms with E-state index >= 15 is 0 Å². The van der Waals surface area contributed by atoms with Gasteiger partial charge in [0.15, 0.2) is 6.39 Å². The standard InChI is InChI=1S/C10H9NO.C6H3Br.C3H6O2S/c1-8-2-4-9(5-3-8)10-6-12-7-11-10;7-6-3-4-1-2-5(4)6;1-2(6)3(4)5/h2-7H,1H3;1-3H;2,6H,1H3,(H,4,5). The predicted molar refractivity (Wildman–Crippen MR) is 105 cm³/mol. The molecule has 1 N–H and O–H groups in total. The summed E-state index contributed by atoms with van der Waals surface area (Å²) < 4.78 is 6.14. The third kappa shape index (κ3) is 5.47. The number of aromatic nitrogens is 1. The monoisotopic (exact) mass is 419 g/mol. The van der Waals surface area contributed by atoms with Gasteiger partial charge in [-0.05, 0) is 30.4 Å². The first-order valence-electron chi connectivity index (χ1n) is 7.54. The number of oxazole rings is 1. The Kier molecular flexibility index (Phi) is 6.84. The van der Waals surface area contributed by atoms with E-state index in [1.54, 1.807) is 6.26 Å². The summed E-state index contributed by atoms with van der Waals surface area (Å²) in [5.74, 6) is -0.877. The molecule has 2 aliphatic carbocycles. The van der Waals surface area contributed by atoms with Crippen molar-refractivity contribution >= 4 is 34.5 Å². The molecule has 0 fully saturated rings. The fourth-order valence-electron chi connectivity index (χ4n) is 1.82. The van der Waals surface area contributed by atoms with Gasteiger partial charge >= 0.3 is 5.97 Å². The molecule has 6 heteroatoms. The van der Waals surface area contributed by atoms with E-state index in [-0.39, 0.29) is 0 Å². The minimum Gasteiger partial charge on any atom is -0.480 e. The summed E-state index contributed by atoms with van der Waals surface area (Å²) in [6, 6.07) is 14.5. The lowest BCUT2D eigenvalue weighted by Crippen LogP contribution is -2.06. The second kappa shape index (κ2) is 8.87. The zero-order chi connectivity index (χ0) is 18.4. The lowest BCUT2D eigenvalue weighted by atomic mass is 10.1. The van der Waals surface area contributed by atoms with Crippen LogP contribution in [0, 0.1) is 17.4 Å². The first-order valence-corrected chi connectivity index (χ1v) is 8.85. The van der Waals surface area contributed by atoms with Crippen LogP contribution in [0.1, 0.15) is 12.5 Å². The second-order valence-electron chi connectivity index (χ2n) is 5.45. The largest absolute Gasteiger partial charge is 0.480 e. The number of thiol groups is 1. The molecule has 0 saturated carbocycles. The van der Waals surface area contributed by atoms with Crippen molar-refractivity contribution in [3.05, 3.63) is 75.6 Å². The summed E-state index contributed by atoms with van der Waals surface area (Å²) in [5, 5.41) is 10.2. The molecule has 0 amide bonds. The van der Waals surface area contributed by atoms with Gasteiger partial charge in [-0.25, -0.2) is 4.98 Å². The summed E-state index contributed by atoms with van der Waals surface area (Å²) in [6.45, 7) is 3.57. The van der Waals surface area contributed by atoms with Crippen LogP contribution in [0.15, 0.2) is 64.0 Å². The first-order chi connectivity index (χ1) is 11.9. The van der Waals surface area contributed by atoms with Crippen LogP contribution in [0.3, 0.4) is 0 Å². The van der Waals surface area contributed by atoms with Crippen LogP contribution in [0.5, 0.6) is 0 Å². The topological polar surface area (TPSA) is 63.3 Å². The third-order valence-electron chi connectivity index (χ3n) is 3.42. The molecule has 4 rings (SSSR count). The van der Waals surface area contributed by atoms with Gasteiger partial charge in [0.1, 0.15) is 12.0 Å². The number of carboxylic acid groups (broad SMARTS) is 1. The first kappa shape index (κ1) is 19.3. The van der Waals surface area contributed by atoms with Crippen LogP contribution in [0.25, 0.3) is 11.3 Å². The van der Waals surface area contributed by atoms with Crippen molar-refractivity contribution in [2.75, 3.05) is 0 Å². The normalized spacial score (nSPS) is 11.4. The summed E-state index contributed by atoms with van der Waals surface area (Å²) >= 11 is 6.96. The van der Waals surface area contributed by atoms with Crippen LogP contribution in [-0.4, -0.2) is 21.3 Å². The number of carbonyl (C=O) groups is 1. The van der Waals surface area contributed by atoms with Gasteiger partial charge in [-0.3, -0.25) is 4.79 Å². The fourth-order valence-corrected chi connectivity index (χ4v) is 2.43. The molecule has 0 aliphatic heterocycles. The lowest BCUT2D eigenvalue weighted by Gasteiger charge is -2.02. The number of halogens is 1. The van der Waals surface area contributed by atoms with Crippen LogP contribution < -0.4 is 0 Å². The molecule has 1 aromatic heterocycles. The number of carboxylic acids is 1. The number of hydrogen-bond donors (Lipinski definition) is 2. The highest BCUT2D eigenvalue weighted by atomic mass is 79.9. The second-order valence-corrected chi connectivity index (χ2v) is 7.08. The number of benzene rings is 2. The molecule has 130 valence electrons. The number of hydrogen-bond acceptors (Lipinski definition) is 4. The highest BCUT2D eigenvalue weighted by Gasteiger charge is 2.01. The van der Waals surface area contributed by atoms with E-state index in [4.69, 9.17) is 9.52 Å². The maximum atomic E-state index is 9.62. The maximum Gasteiger partial charge on any atom is 0.316 e. The van der Waals surface area contributed by atoms with E-state index in [1.807, 2.05) is 12.1 Å². The Hall–Kier alpha value is -2.05. The minimum absolute atomic E-state index is 0.537. The van der Waals surface area contributed by atoms with Crippen molar-refractivity contribution in [1.29, 1.82) is 0 Å². The number of rotatable bonds is 2. The average molecular weight is 420 g/mol. The molecule has 1 heterocycles. The number of aliphatic carboxylic acids is 1. The predicted octanol–water partition coefficient (Wildman–Crippen LogP) is 5.09. The van der Waals surface area contributed by atoms with Gasteiger partial charge in [-0.15, -0.1) is 0 Å². The molecule has 25 heavy (non-hydrogen) atoms. The number of nitrogens with zero attached hydrogens (tertiary/aromatic N) is 1. The minimum atomic E-state index is -0.877.